The highest BCUT2D eigenvalue weighted by molar-refractivity contribution is 5.68. The molecule has 1 aliphatic heterocycles. The lowest BCUT2D eigenvalue weighted by atomic mass is 10.0. The largest absolute Gasteiger partial charge is 0.444 e. The molecule has 140 valence electrons. The zero-order chi connectivity index (χ0) is 18.6. The standard InChI is InChI=1S/C19H31N3O3/c1-14-12-21(18(23)25-19(3,4)5)10-11-22(14)15(2)17-8-6-16(7-9-17)13-24-20/h6-9,14-15H,10-13,20H2,1-5H3/t14-,15-/m0/s1. The van der Waals surface area contributed by atoms with Crippen LogP contribution < -0.4 is 5.90 Å². The summed E-state index contributed by atoms with van der Waals surface area (Å²) in [5, 5.41) is 0. The van der Waals surface area contributed by atoms with Crippen molar-refractivity contribution in [3.63, 3.8) is 0 Å². The number of amides is 1. The average molecular weight is 349 g/mol. The quantitative estimate of drug-likeness (QED) is 0.846. The second-order valence-corrected chi connectivity index (χ2v) is 7.74. The monoisotopic (exact) mass is 349 g/mol. The molecule has 1 aromatic rings. The fourth-order valence-corrected chi connectivity index (χ4v) is 3.22. The van der Waals surface area contributed by atoms with Gasteiger partial charge in [0.15, 0.2) is 0 Å². The first-order valence-corrected chi connectivity index (χ1v) is 8.85. The minimum atomic E-state index is -0.459. The molecule has 0 saturated carbocycles. The Bertz CT molecular complexity index is 568. The molecule has 1 aromatic carbocycles. The van der Waals surface area contributed by atoms with Crippen LogP contribution in [0.3, 0.4) is 0 Å². The zero-order valence-corrected chi connectivity index (χ0v) is 16.0. The van der Waals surface area contributed by atoms with Crippen molar-refractivity contribution in [1.29, 1.82) is 0 Å². The van der Waals surface area contributed by atoms with Gasteiger partial charge in [-0.1, -0.05) is 24.3 Å². The summed E-state index contributed by atoms with van der Waals surface area (Å²) >= 11 is 0. The van der Waals surface area contributed by atoms with Crippen molar-refractivity contribution in [1.82, 2.24) is 9.80 Å². The predicted molar refractivity (Wildman–Crippen MR) is 97.8 cm³/mol. The number of ether oxygens (including phenoxy) is 1. The first-order chi connectivity index (χ1) is 11.7. The Morgan fingerprint density at radius 1 is 1.28 bits per heavy atom. The van der Waals surface area contributed by atoms with Crippen molar-refractivity contribution in [2.45, 2.75) is 58.9 Å². The zero-order valence-electron chi connectivity index (χ0n) is 16.0. The molecule has 0 unspecified atom stereocenters. The molecule has 1 fully saturated rings. The van der Waals surface area contributed by atoms with E-state index in [0.717, 1.165) is 12.1 Å². The normalized spacial score (nSPS) is 20.4. The second kappa shape index (κ2) is 8.17. The summed E-state index contributed by atoms with van der Waals surface area (Å²) in [5.41, 5.74) is 1.85. The molecule has 0 radical (unpaired) electrons. The number of benzene rings is 1. The van der Waals surface area contributed by atoms with Gasteiger partial charge in [-0.15, -0.1) is 0 Å². The van der Waals surface area contributed by atoms with Crippen molar-refractivity contribution in [3.05, 3.63) is 35.4 Å². The summed E-state index contributed by atoms with van der Waals surface area (Å²) in [6.45, 7) is 12.7. The van der Waals surface area contributed by atoms with E-state index in [2.05, 4.69) is 35.7 Å². The summed E-state index contributed by atoms with van der Waals surface area (Å²) in [6.07, 6.45) is -0.224. The van der Waals surface area contributed by atoms with E-state index in [9.17, 15) is 4.79 Å². The van der Waals surface area contributed by atoms with Gasteiger partial charge in [-0.25, -0.2) is 10.7 Å². The highest BCUT2D eigenvalue weighted by atomic mass is 16.6. The Kier molecular flexibility index (Phi) is 6.43. The number of hydrogen-bond acceptors (Lipinski definition) is 5. The van der Waals surface area contributed by atoms with Crippen molar-refractivity contribution >= 4 is 6.09 Å². The maximum absolute atomic E-state index is 12.3. The van der Waals surface area contributed by atoms with Gasteiger partial charge in [0.05, 0.1) is 6.61 Å². The van der Waals surface area contributed by atoms with Gasteiger partial charge in [0.25, 0.3) is 0 Å². The molecule has 1 amide bonds. The molecule has 2 atom stereocenters. The molecule has 0 aromatic heterocycles. The predicted octanol–water partition coefficient (Wildman–Crippen LogP) is 3.08. The van der Waals surface area contributed by atoms with E-state index in [4.69, 9.17) is 10.6 Å². The van der Waals surface area contributed by atoms with E-state index >= 15 is 0 Å². The third kappa shape index (κ3) is 5.42. The Hall–Kier alpha value is -1.63. The number of carbonyl (C=O) groups excluding carboxylic acids is 1. The van der Waals surface area contributed by atoms with E-state index in [1.54, 1.807) is 4.90 Å². The molecule has 6 nitrogen and oxygen atoms in total. The lowest BCUT2D eigenvalue weighted by Gasteiger charge is -2.43. The van der Waals surface area contributed by atoms with Gasteiger partial charge in [0.1, 0.15) is 5.60 Å². The van der Waals surface area contributed by atoms with Crippen molar-refractivity contribution in [3.8, 4) is 0 Å². The van der Waals surface area contributed by atoms with Crippen LogP contribution in [-0.2, 0) is 16.2 Å². The summed E-state index contributed by atoms with van der Waals surface area (Å²) in [7, 11) is 0. The molecule has 2 rings (SSSR count). The van der Waals surface area contributed by atoms with Crippen molar-refractivity contribution in [2.75, 3.05) is 19.6 Å². The Balaban J connectivity index is 1.97. The number of rotatable bonds is 4. The van der Waals surface area contributed by atoms with Gasteiger partial charge in [-0.3, -0.25) is 9.74 Å². The first kappa shape index (κ1) is 19.7. The molecule has 0 spiro atoms. The summed E-state index contributed by atoms with van der Waals surface area (Å²) in [5.74, 6) is 5.12. The molecule has 1 heterocycles. The van der Waals surface area contributed by atoms with Crippen LogP contribution in [0.5, 0.6) is 0 Å². The van der Waals surface area contributed by atoms with Crippen LogP contribution in [0.15, 0.2) is 24.3 Å². The van der Waals surface area contributed by atoms with Gasteiger partial charge in [0, 0.05) is 31.7 Å². The molecule has 25 heavy (non-hydrogen) atoms. The number of carbonyl (C=O) groups is 1. The molecular weight excluding hydrogens is 318 g/mol. The van der Waals surface area contributed by atoms with Gasteiger partial charge in [-0.05, 0) is 45.7 Å². The average Bonchev–Trinajstić information content (AvgIpc) is 2.53. The van der Waals surface area contributed by atoms with Crippen LogP contribution in [0, 0.1) is 0 Å². The van der Waals surface area contributed by atoms with E-state index in [1.807, 2.05) is 32.9 Å². The van der Waals surface area contributed by atoms with E-state index in [-0.39, 0.29) is 18.2 Å². The van der Waals surface area contributed by atoms with Crippen LogP contribution in [0.25, 0.3) is 0 Å². The molecule has 0 aliphatic carbocycles. The van der Waals surface area contributed by atoms with Crippen molar-refractivity contribution < 1.29 is 14.4 Å². The third-order valence-electron chi connectivity index (χ3n) is 4.54. The fraction of sp³-hybridized carbons (Fsp3) is 0.632. The molecule has 1 saturated heterocycles. The Morgan fingerprint density at radius 2 is 1.92 bits per heavy atom. The SMILES string of the molecule is C[C@H]1CN(C(=O)OC(C)(C)C)CCN1[C@@H](C)c1ccc(CON)cc1. The topological polar surface area (TPSA) is 68.0 Å². The minimum absolute atomic E-state index is 0.224. The summed E-state index contributed by atoms with van der Waals surface area (Å²) in [4.78, 5) is 21.2. The molecular formula is C19H31N3O3. The fourth-order valence-electron chi connectivity index (χ4n) is 3.22. The molecule has 2 N–H and O–H groups in total. The molecule has 0 bridgehead atoms. The lowest BCUT2D eigenvalue weighted by molar-refractivity contribution is -0.000715. The van der Waals surface area contributed by atoms with Gasteiger partial charge in [0.2, 0.25) is 0 Å². The van der Waals surface area contributed by atoms with E-state index in [0.29, 0.717) is 19.7 Å². The first-order valence-electron chi connectivity index (χ1n) is 8.85. The smallest absolute Gasteiger partial charge is 0.410 e. The maximum atomic E-state index is 12.3. The lowest BCUT2D eigenvalue weighted by Crippen LogP contribution is -2.54. The highest BCUT2D eigenvalue weighted by Gasteiger charge is 2.32. The van der Waals surface area contributed by atoms with Crippen LogP contribution in [0.4, 0.5) is 4.79 Å². The van der Waals surface area contributed by atoms with Crippen LogP contribution in [-0.4, -0.2) is 47.2 Å². The molecule has 6 heteroatoms. The van der Waals surface area contributed by atoms with Crippen LogP contribution >= 0.6 is 0 Å². The Morgan fingerprint density at radius 3 is 2.44 bits per heavy atom. The van der Waals surface area contributed by atoms with Crippen molar-refractivity contribution in [2.24, 2.45) is 5.90 Å². The van der Waals surface area contributed by atoms with Gasteiger partial charge >= 0.3 is 6.09 Å². The van der Waals surface area contributed by atoms with Crippen LogP contribution in [0.1, 0.15) is 51.8 Å². The molecule has 1 aliphatic rings. The highest BCUT2D eigenvalue weighted by Crippen LogP contribution is 2.26. The third-order valence-corrected chi connectivity index (χ3v) is 4.54. The van der Waals surface area contributed by atoms with Gasteiger partial charge in [-0.2, -0.15) is 0 Å². The van der Waals surface area contributed by atoms with E-state index in [1.165, 1.54) is 5.56 Å². The van der Waals surface area contributed by atoms with E-state index < -0.39 is 5.60 Å². The second-order valence-electron chi connectivity index (χ2n) is 7.74. The summed E-state index contributed by atoms with van der Waals surface area (Å²) < 4.78 is 5.49. The number of nitrogens with zero attached hydrogens (tertiary/aromatic N) is 2. The maximum Gasteiger partial charge on any atom is 0.410 e. The van der Waals surface area contributed by atoms with Crippen LogP contribution in [0.2, 0.25) is 0 Å². The number of hydrogen-bond donors (Lipinski definition) is 1. The van der Waals surface area contributed by atoms with Gasteiger partial charge < -0.3 is 9.64 Å². The minimum Gasteiger partial charge on any atom is -0.444 e. The Labute approximate surface area is 150 Å². The number of piperazine rings is 1. The number of nitrogens with two attached hydrogens (primary N) is 1. The summed E-state index contributed by atoms with van der Waals surface area (Å²) in [6, 6.07) is 8.87.